The Morgan fingerprint density at radius 2 is 1.95 bits per heavy atom. The number of anilines is 1. The van der Waals surface area contributed by atoms with Crippen LogP contribution >= 0.6 is 0 Å². The zero-order chi connectivity index (χ0) is 15.5. The maximum atomic E-state index is 11.2. The lowest BCUT2D eigenvalue weighted by atomic mass is 9.97. The van der Waals surface area contributed by atoms with Crippen molar-refractivity contribution in [2.24, 2.45) is 0 Å². The highest BCUT2D eigenvalue weighted by Crippen LogP contribution is 2.45. The second-order valence-electron chi connectivity index (χ2n) is 5.18. The van der Waals surface area contributed by atoms with E-state index in [2.05, 4.69) is 29.6 Å². The van der Waals surface area contributed by atoms with Crippen molar-refractivity contribution < 1.29 is 14.7 Å². The molecule has 0 aliphatic heterocycles. The summed E-state index contributed by atoms with van der Waals surface area (Å²) in [6, 6.07) is 14.4. The molecule has 22 heavy (non-hydrogen) atoms. The number of rotatable bonds is 4. The van der Waals surface area contributed by atoms with E-state index in [0.29, 0.717) is 0 Å². The zero-order valence-electron chi connectivity index (χ0n) is 12.3. The van der Waals surface area contributed by atoms with Gasteiger partial charge in [-0.05, 0) is 41.3 Å². The summed E-state index contributed by atoms with van der Waals surface area (Å²) in [5.41, 5.74) is 7.14. The van der Waals surface area contributed by atoms with Gasteiger partial charge in [-0.2, -0.15) is 0 Å². The van der Waals surface area contributed by atoms with E-state index in [0.717, 1.165) is 28.9 Å². The van der Waals surface area contributed by atoms with Crippen molar-refractivity contribution in [2.45, 2.75) is 12.8 Å². The first-order valence-electron chi connectivity index (χ1n) is 7.28. The number of fused-ring (bicyclic) bond motifs is 3. The number of carbonyl (C=O) groups excluding carboxylic acids is 1. The fourth-order valence-corrected chi connectivity index (χ4v) is 2.99. The van der Waals surface area contributed by atoms with Crippen LogP contribution in [-0.2, 0) is 4.74 Å². The van der Waals surface area contributed by atoms with Crippen LogP contribution in [0.1, 0.15) is 24.0 Å². The first-order chi connectivity index (χ1) is 10.7. The lowest BCUT2D eigenvalue weighted by Crippen LogP contribution is -2.22. The van der Waals surface area contributed by atoms with Crippen LogP contribution < -0.4 is 10.8 Å². The topological polar surface area (TPSA) is 70.6 Å². The molecule has 1 aliphatic carbocycles. The first kappa shape index (κ1) is 14.4. The van der Waals surface area contributed by atoms with Gasteiger partial charge in [0.2, 0.25) is 0 Å². The van der Waals surface area contributed by atoms with Gasteiger partial charge in [-0.25, -0.2) is 10.3 Å². The molecule has 0 fully saturated rings. The molecule has 0 saturated carbocycles. The largest absolute Gasteiger partial charge is 0.447 e. The summed E-state index contributed by atoms with van der Waals surface area (Å²) in [7, 11) is 0. The van der Waals surface area contributed by atoms with Crippen molar-refractivity contribution in [1.82, 2.24) is 5.48 Å². The molecule has 2 aromatic rings. The molecule has 3 rings (SSSR count). The third-order valence-electron chi connectivity index (χ3n) is 3.91. The number of ether oxygens (including phenoxy) is 1. The molecule has 1 unspecified atom stereocenters. The van der Waals surface area contributed by atoms with Crippen molar-refractivity contribution >= 4 is 11.8 Å². The molecule has 5 nitrogen and oxygen atoms in total. The molecule has 2 aromatic carbocycles. The number of nitrogens with one attached hydrogen (secondary N) is 2. The molecule has 0 spiro atoms. The van der Waals surface area contributed by atoms with Crippen LogP contribution in [0.2, 0.25) is 0 Å². The van der Waals surface area contributed by atoms with Gasteiger partial charge in [-0.1, -0.05) is 30.3 Å². The molecular weight excluding hydrogens is 280 g/mol. The molecule has 3 N–H and O–H groups in total. The Kier molecular flexibility index (Phi) is 3.98. The lowest BCUT2D eigenvalue weighted by Gasteiger charge is -2.14. The SMILES string of the molecule is CCNc1ccc2c(c1)C(COC(=O)NO)c1ccccc1-2. The van der Waals surface area contributed by atoms with E-state index in [1.165, 1.54) is 11.0 Å². The fourth-order valence-electron chi connectivity index (χ4n) is 2.99. The van der Waals surface area contributed by atoms with Crippen molar-refractivity contribution in [3.8, 4) is 11.1 Å². The quantitative estimate of drug-likeness (QED) is 0.598. The zero-order valence-corrected chi connectivity index (χ0v) is 12.3. The molecule has 0 heterocycles. The van der Waals surface area contributed by atoms with Gasteiger partial charge in [0.1, 0.15) is 6.61 Å². The van der Waals surface area contributed by atoms with Crippen LogP contribution in [0.15, 0.2) is 42.5 Å². The second-order valence-corrected chi connectivity index (χ2v) is 5.18. The van der Waals surface area contributed by atoms with E-state index in [1.54, 1.807) is 0 Å². The Bertz CT molecular complexity index is 700. The molecule has 0 radical (unpaired) electrons. The summed E-state index contributed by atoms with van der Waals surface area (Å²) in [4.78, 5) is 11.2. The molecule has 0 aromatic heterocycles. The van der Waals surface area contributed by atoms with E-state index >= 15 is 0 Å². The van der Waals surface area contributed by atoms with Gasteiger partial charge in [-0.3, -0.25) is 5.21 Å². The minimum Gasteiger partial charge on any atom is -0.447 e. The average Bonchev–Trinajstić information content (AvgIpc) is 2.86. The number of hydroxylamine groups is 1. The van der Waals surface area contributed by atoms with Gasteiger partial charge in [0, 0.05) is 18.2 Å². The van der Waals surface area contributed by atoms with Crippen LogP contribution in [0.3, 0.4) is 0 Å². The predicted molar refractivity (Wildman–Crippen MR) is 84.2 cm³/mol. The molecule has 5 heteroatoms. The normalized spacial score (nSPS) is 14.9. The van der Waals surface area contributed by atoms with Crippen molar-refractivity contribution in [1.29, 1.82) is 0 Å². The minimum absolute atomic E-state index is 0.0258. The van der Waals surface area contributed by atoms with Gasteiger partial charge in [0.25, 0.3) is 0 Å². The third-order valence-corrected chi connectivity index (χ3v) is 3.91. The van der Waals surface area contributed by atoms with E-state index in [9.17, 15) is 4.79 Å². The Labute approximate surface area is 128 Å². The molecule has 114 valence electrons. The molecule has 1 amide bonds. The number of carbonyl (C=O) groups is 1. The standard InChI is InChI=1S/C17H18N2O3/c1-2-18-11-7-8-14-12-5-3-4-6-13(12)16(15(14)9-11)10-22-17(20)19-21/h3-9,16,18,21H,2,10H2,1H3,(H,19,20). The van der Waals surface area contributed by atoms with Crippen molar-refractivity contribution in [3.63, 3.8) is 0 Å². The summed E-state index contributed by atoms with van der Waals surface area (Å²) in [6.07, 6.45) is -0.839. The van der Waals surface area contributed by atoms with E-state index in [4.69, 9.17) is 9.94 Å². The van der Waals surface area contributed by atoms with Gasteiger partial charge in [0.05, 0.1) is 0 Å². The fraction of sp³-hybridized carbons (Fsp3) is 0.235. The molecule has 1 aliphatic rings. The van der Waals surface area contributed by atoms with Crippen LogP contribution in [0, 0.1) is 0 Å². The second kappa shape index (κ2) is 6.07. The minimum atomic E-state index is -0.839. The van der Waals surface area contributed by atoms with Gasteiger partial charge < -0.3 is 10.1 Å². The summed E-state index contributed by atoms with van der Waals surface area (Å²) in [5.74, 6) is -0.0258. The third kappa shape index (κ3) is 2.51. The average molecular weight is 298 g/mol. The lowest BCUT2D eigenvalue weighted by molar-refractivity contribution is 0.0872. The first-order valence-corrected chi connectivity index (χ1v) is 7.28. The summed E-state index contributed by atoms with van der Waals surface area (Å²) in [6.45, 7) is 3.08. The molecule has 0 saturated heterocycles. The smallest absolute Gasteiger partial charge is 0.431 e. The van der Waals surface area contributed by atoms with Gasteiger partial charge in [0.15, 0.2) is 0 Å². The Morgan fingerprint density at radius 3 is 2.73 bits per heavy atom. The maximum absolute atomic E-state index is 11.2. The maximum Gasteiger partial charge on any atom is 0.431 e. The van der Waals surface area contributed by atoms with Crippen molar-refractivity contribution in [3.05, 3.63) is 53.6 Å². The van der Waals surface area contributed by atoms with Crippen molar-refractivity contribution in [2.75, 3.05) is 18.5 Å². The van der Waals surface area contributed by atoms with Crippen LogP contribution in [0.4, 0.5) is 10.5 Å². The summed E-state index contributed by atoms with van der Waals surface area (Å²) in [5, 5.41) is 11.9. The van der Waals surface area contributed by atoms with E-state index < -0.39 is 6.09 Å². The van der Waals surface area contributed by atoms with Crippen LogP contribution in [0.25, 0.3) is 11.1 Å². The van der Waals surface area contributed by atoms with Gasteiger partial charge >= 0.3 is 6.09 Å². The van der Waals surface area contributed by atoms with E-state index in [1.807, 2.05) is 25.1 Å². The predicted octanol–water partition coefficient (Wildman–Crippen LogP) is 3.35. The molecule has 0 bridgehead atoms. The molecular formula is C17H18N2O3. The van der Waals surface area contributed by atoms with Crippen LogP contribution in [0.5, 0.6) is 0 Å². The highest BCUT2D eigenvalue weighted by Gasteiger charge is 2.29. The Morgan fingerprint density at radius 1 is 1.18 bits per heavy atom. The Hall–Kier alpha value is -2.53. The number of hydrogen-bond acceptors (Lipinski definition) is 4. The van der Waals surface area contributed by atoms with E-state index in [-0.39, 0.29) is 12.5 Å². The highest BCUT2D eigenvalue weighted by atomic mass is 16.6. The summed E-state index contributed by atoms with van der Waals surface area (Å²) >= 11 is 0. The number of hydrogen-bond donors (Lipinski definition) is 3. The highest BCUT2D eigenvalue weighted by molar-refractivity contribution is 5.80. The number of amides is 1. The van der Waals surface area contributed by atoms with Crippen LogP contribution in [-0.4, -0.2) is 24.5 Å². The summed E-state index contributed by atoms with van der Waals surface area (Å²) < 4.78 is 5.07. The Balaban J connectivity index is 1.98. The monoisotopic (exact) mass is 298 g/mol. The number of benzene rings is 2. The van der Waals surface area contributed by atoms with Gasteiger partial charge in [-0.15, -0.1) is 0 Å². The molecule has 1 atom stereocenters.